The lowest BCUT2D eigenvalue weighted by atomic mass is 10.1. The number of hydrogen-bond acceptors (Lipinski definition) is 4. The summed E-state index contributed by atoms with van der Waals surface area (Å²) in [6.07, 6.45) is 1.42. The molecule has 0 atom stereocenters. The van der Waals surface area contributed by atoms with E-state index in [0.717, 1.165) is 16.8 Å². The van der Waals surface area contributed by atoms with Gasteiger partial charge in [0.15, 0.2) is 0 Å². The van der Waals surface area contributed by atoms with Crippen LogP contribution < -0.4 is 10.7 Å². The molecule has 3 N–H and O–H groups in total. The van der Waals surface area contributed by atoms with Gasteiger partial charge in [-0.3, -0.25) is 4.79 Å². The molecule has 0 aliphatic carbocycles. The number of phenols is 1. The Kier molecular flexibility index (Phi) is 5.14. The van der Waals surface area contributed by atoms with Crippen LogP contribution in [0.2, 0.25) is 0 Å². The van der Waals surface area contributed by atoms with Crippen LogP contribution in [0.3, 0.4) is 0 Å². The van der Waals surface area contributed by atoms with E-state index in [0.29, 0.717) is 5.56 Å². The Labute approximate surface area is 129 Å². The van der Waals surface area contributed by atoms with Crippen LogP contribution in [0.25, 0.3) is 0 Å². The highest BCUT2D eigenvalue weighted by molar-refractivity contribution is 5.86. The van der Waals surface area contributed by atoms with Crippen molar-refractivity contribution in [2.75, 3.05) is 11.9 Å². The minimum atomic E-state index is -0.259. The van der Waals surface area contributed by atoms with E-state index in [1.165, 1.54) is 6.21 Å². The SMILES string of the molecule is Cc1cccc(NCC(=O)N/N=C/c2cc(C)ccc2O)c1. The van der Waals surface area contributed by atoms with E-state index in [1.54, 1.807) is 18.2 Å². The molecule has 114 valence electrons. The first kappa shape index (κ1) is 15.6. The number of nitrogens with one attached hydrogen (secondary N) is 2. The van der Waals surface area contributed by atoms with Gasteiger partial charge in [0, 0.05) is 11.3 Å². The molecule has 0 aliphatic heterocycles. The maximum atomic E-state index is 11.7. The van der Waals surface area contributed by atoms with Gasteiger partial charge in [-0.1, -0.05) is 23.8 Å². The van der Waals surface area contributed by atoms with Gasteiger partial charge in [0.25, 0.3) is 5.91 Å². The molecule has 0 radical (unpaired) electrons. The number of hydrogen-bond donors (Lipinski definition) is 3. The molecule has 22 heavy (non-hydrogen) atoms. The second kappa shape index (κ2) is 7.26. The van der Waals surface area contributed by atoms with Crippen molar-refractivity contribution in [3.63, 3.8) is 0 Å². The van der Waals surface area contributed by atoms with E-state index < -0.39 is 0 Å². The van der Waals surface area contributed by atoms with Crippen molar-refractivity contribution in [1.82, 2.24) is 5.43 Å². The van der Waals surface area contributed by atoms with E-state index >= 15 is 0 Å². The lowest BCUT2D eigenvalue weighted by Crippen LogP contribution is -2.25. The summed E-state index contributed by atoms with van der Waals surface area (Å²) in [6, 6.07) is 13.0. The van der Waals surface area contributed by atoms with Crippen molar-refractivity contribution in [1.29, 1.82) is 0 Å². The molecule has 5 heteroatoms. The second-order valence-electron chi connectivity index (χ2n) is 5.08. The Morgan fingerprint density at radius 3 is 2.73 bits per heavy atom. The summed E-state index contributed by atoms with van der Waals surface area (Å²) in [6.45, 7) is 4.03. The Balaban J connectivity index is 1.85. The Morgan fingerprint density at radius 1 is 1.18 bits per heavy atom. The van der Waals surface area contributed by atoms with E-state index in [9.17, 15) is 9.90 Å². The summed E-state index contributed by atoms with van der Waals surface area (Å²) in [5.74, 6) is -0.133. The molecule has 0 spiro atoms. The van der Waals surface area contributed by atoms with Crippen LogP contribution in [0.5, 0.6) is 5.75 Å². The molecular weight excluding hydrogens is 278 g/mol. The molecule has 0 bridgehead atoms. The second-order valence-corrected chi connectivity index (χ2v) is 5.08. The van der Waals surface area contributed by atoms with Gasteiger partial charge in [-0.2, -0.15) is 5.10 Å². The van der Waals surface area contributed by atoms with Crippen LogP contribution in [0.15, 0.2) is 47.6 Å². The average Bonchev–Trinajstić information content (AvgIpc) is 2.49. The number of carbonyl (C=O) groups excluding carboxylic acids is 1. The van der Waals surface area contributed by atoms with Crippen LogP contribution >= 0.6 is 0 Å². The first-order chi connectivity index (χ1) is 10.5. The Bertz CT molecular complexity index is 696. The number of anilines is 1. The first-order valence-electron chi connectivity index (χ1n) is 6.96. The van der Waals surface area contributed by atoms with Gasteiger partial charge < -0.3 is 10.4 Å². The van der Waals surface area contributed by atoms with Crippen molar-refractivity contribution in [2.45, 2.75) is 13.8 Å². The molecule has 0 heterocycles. The summed E-state index contributed by atoms with van der Waals surface area (Å²) in [7, 11) is 0. The predicted molar refractivity (Wildman–Crippen MR) is 88.2 cm³/mol. The molecule has 5 nitrogen and oxygen atoms in total. The number of aromatic hydroxyl groups is 1. The Morgan fingerprint density at radius 2 is 1.95 bits per heavy atom. The average molecular weight is 297 g/mol. The van der Waals surface area contributed by atoms with E-state index in [4.69, 9.17) is 0 Å². The zero-order valence-corrected chi connectivity index (χ0v) is 12.6. The molecule has 0 saturated carbocycles. The van der Waals surface area contributed by atoms with Crippen molar-refractivity contribution in [3.8, 4) is 5.75 Å². The van der Waals surface area contributed by atoms with E-state index in [-0.39, 0.29) is 18.2 Å². The number of aryl methyl sites for hydroxylation is 2. The van der Waals surface area contributed by atoms with Crippen LogP contribution in [0, 0.1) is 13.8 Å². The number of amides is 1. The molecule has 0 aliphatic rings. The Hall–Kier alpha value is -2.82. The summed E-state index contributed by atoms with van der Waals surface area (Å²) in [5.41, 5.74) is 6.00. The van der Waals surface area contributed by atoms with Crippen molar-refractivity contribution >= 4 is 17.8 Å². The quantitative estimate of drug-likeness (QED) is 0.586. The summed E-state index contributed by atoms with van der Waals surface area (Å²) >= 11 is 0. The number of phenolic OH excluding ortho intramolecular Hbond substituents is 1. The lowest BCUT2D eigenvalue weighted by Gasteiger charge is -2.06. The highest BCUT2D eigenvalue weighted by Crippen LogP contribution is 2.15. The minimum absolute atomic E-state index is 0.126. The van der Waals surface area contributed by atoms with Crippen molar-refractivity contribution in [2.24, 2.45) is 5.10 Å². The van der Waals surface area contributed by atoms with Gasteiger partial charge in [-0.25, -0.2) is 5.43 Å². The smallest absolute Gasteiger partial charge is 0.259 e. The standard InChI is InChI=1S/C17H19N3O2/c1-12-4-3-5-15(9-12)18-11-17(22)20-19-10-14-8-13(2)6-7-16(14)21/h3-10,18,21H,11H2,1-2H3,(H,20,22)/b19-10+. The zero-order chi connectivity index (χ0) is 15.9. The third-order valence-corrected chi connectivity index (χ3v) is 3.05. The fourth-order valence-corrected chi connectivity index (χ4v) is 1.93. The number of rotatable bonds is 5. The molecule has 0 fully saturated rings. The molecule has 2 rings (SSSR count). The highest BCUT2D eigenvalue weighted by atomic mass is 16.3. The zero-order valence-electron chi connectivity index (χ0n) is 12.6. The third-order valence-electron chi connectivity index (χ3n) is 3.05. The van der Waals surface area contributed by atoms with Gasteiger partial charge in [0.2, 0.25) is 0 Å². The summed E-state index contributed by atoms with van der Waals surface area (Å²) < 4.78 is 0. The third kappa shape index (κ3) is 4.63. The molecular formula is C17H19N3O2. The molecule has 1 amide bonds. The topological polar surface area (TPSA) is 73.7 Å². The van der Waals surface area contributed by atoms with Crippen molar-refractivity contribution < 1.29 is 9.90 Å². The van der Waals surface area contributed by atoms with E-state index in [1.807, 2.05) is 38.1 Å². The normalized spacial score (nSPS) is 10.6. The van der Waals surface area contributed by atoms with Crippen molar-refractivity contribution in [3.05, 3.63) is 59.2 Å². The van der Waals surface area contributed by atoms with Gasteiger partial charge in [0.1, 0.15) is 5.75 Å². The highest BCUT2D eigenvalue weighted by Gasteiger charge is 2.01. The van der Waals surface area contributed by atoms with E-state index in [2.05, 4.69) is 15.8 Å². The number of benzene rings is 2. The van der Waals surface area contributed by atoms with Gasteiger partial charge in [0.05, 0.1) is 12.8 Å². The molecule has 0 aromatic heterocycles. The summed E-state index contributed by atoms with van der Waals surface area (Å²) in [5, 5.41) is 16.5. The fraction of sp³-hybridized carbons (Fsp3) is 0.176. The maximum absolute atomic E-state index is 11.7. The number of nitrogens with zero attached hydrogens (tertiary/aromatic N) is 1. The molecule has 2 aromatic carbocycles. The number of carbonyl (C=O) groups is 1. The van der Waals surface area contributed by atoms with Crippen LogP contribution in [0.4, 0.5) is 5.69 Å². The fourth-order valence-electron chi connectivity index (χ4n) is 1.93. The molecule has 2 aromatic rings. The van der Waals surface area contributed by atoms with Crippen LogP contribution in [0.1, 0.15) is 16.7 Å². The molecule has 0 saturated heterocycles. The largest absolute Gasteiger partial charge is 0.507 e. The van der Waals surface area contributed by atoms with Gasteiger partial charge in [-0.05, 0) is 43.7 Å². The summed E-state index contributed by atoms with van der Waals surface area (Å²) in [4.78, 5) is 11.7. The number of hydrazone groups is 1. The predicted octanol–water partition coefficient (Wildman–Crippen LogP) is 2.57. The minimum Gasteiger partial charge on any atom is -0.507 e. The van der Waals surface area contributed by atoms with Gasteiger partial charge >= 0.3 is 0 Å². The monoisotopic (exact) mass is 297 g/mol. The van der Waals surface area contributed by atoms with Crippen LogP contribution in [-0.2, 0) is 4.79 Å². The lowest BCUT2D eigenvalue weighted by molar-refractivity contribution is -0.119. The van der Waals surface area contributed by atoms with Crippen LogP contribution in [-0.4, -0.2) is 23.8 Å². The molecule has 0 unspecified atom stereocenters. The first-order valence-corrected chi connectivity index (χ1v) is 6.96. The maximum Gasteiger partial charge on any atom is 0.259 e. The van der Waals surface area contributed by atoms with Gasteiger partial charge in [-0.15, -0.1) is 0 Å².